The maximum absolute atomic E-state index is 12.1. The van der Waals surface area contributed by atoms with Gasteiger partial charge in [-0.15, -0.1) is 0 Å². The lowest BCUT2D eigenvalue weighted by molar-refractivity contribution is -0.125. The molecule has 1 aliphatic carbocycles. The number of nitrogens with zero attached hydrogens (tertiary/aromatic N) is 2. The number of pyridine rings is 1. The van der Waals surface area contributed by atoms with Gasteiger partial charge in [-0.3, -0.25) is 14.6 Å². The Morgan fingerprint density at radius 3 is 2.54 bits per heavy atom. The Balaban J connectivity index is 1.48. The van der Waals surface area contributed by atoms with E-state index in [4.69, 9.17) is 5.26 Å². The predicted octanol–water partition coefficient (Wildman–Crippen LogP) is 1.84. The van der Waals surface area contributed by atoms with Gasteiger partial charge in [0.2, 0.25) is 11.8 Å². The van der Waals surface area contributed by atoms with Crippen LogP contribution in [0.3, 0.4) is 0 Å². The number of rotatable bonds is 5. The number of amides is 2. The molecule has 2 aromatic rings. The van der Waals surface area contributed by atoms with Crippen LogP contribution in [-0.4, -0.2) is 16.8 Å². The van der Waals surface area contributed by atoms with Crippen LogP contribution in [0.2, 0.25) is 0 Å². The first-order valence-electron chi connectivity index (χ1n) is 7.66. The van der Waals surface area contributed by atoms with E-state index in [-0.39, 0.29) is 23.7 Å². The molecule has 1 fully saturated rings. The average molecular weight is 320 g/mol. The van der Waals surface area contributed by atoms with Crippen LogP contribution in [0.15, 0.2) is 48.7 Å². The molecule has 0 bridgehead atoms. The first kappa shape index (κ1) is 15.7. The second-order valence-electron chi connectivity index (χ2n) is 5.67. The van der Waals surface area contributed by atoms with Crippen LogP contribution < -0.4 is 10.6 Å². The summed E-state index contributed by atoms with van der Waals surface area (Å²) in [4.78, 5) is 28.4. The average Bonchev–Trinajstić information content (AvgIpc) is 3.42. The van der Waals surface area contributed by atoms with E-state index < -0.39 is 0 Å². The third-order valence-electron chi connectivity index (χ3n) is 3.92. The summed E-state index contributed by atoms with van der Waals surface area (Å²) in [6, 6.07) is 14.2. The highest BCUT2D eigenvalue weighted by molar-refractivity contribution is 5.99. The number of anilines is 1. The van der Waals surface area contributed by atoms with Crippen LogP contribution in [0.4, 0.5) is 5.69 Å². The standard InChI is InChI=1S/C18H16N4O2/c19-10-12-4-6-13(7-5-12)22-18(24)16-9-15(16)17(23)21-11-14-3-1-2-8-20-14/h1-8,15-16H,9,11H2,(H,21,23)(H,22,24). The third kappa shape index (κ3) is 3.76. The smallest absolute Gasteiger partial charge is 0.228 e. The summed E-state index contributed by atoms with van der Waals surface area (Å²) in [5.41, 5.74) is 1.94. The van der Waals surface area contributed by atoms with Crippen molar-refractivity contribution in [3.8, 4) is 6.07 Å². The van der Waals surface area contributed by atoms with Gasteiger partial charge >= 0.3 is 0 Å². The van der Waals surface area contributed by atoms with Gasteiger partial charge < -0.3 is 10.6 Å². The van der Waals surface area contributed by atoms with Crippen molar-refractivity contribution in [1.29, 1.82) is 5.26 Å². The Morgan fingerprint density at radius 2 is 1.88 bits per heavy atom. The molecule has 24 heavy (non-hydrogen) atoms. The van der Waals surface area contributed by atoms with E-state index in [2.05, 4.69) is 15.6 Å². The molecule has 1 aromatic carbocycles. The number of carbonyl (C=O) groups excluding carboxylic acids is 2. The van der Waals surface area contributed by atoms with E-state index in [1.807, 2.05) is 24.3 Å². The normalized spacial score (nSPS) is 18.3. The van der Waals surface area contributed by atoms with Crippen molar-refractivity contribution in [3.05, 3.63) is 59.9 Å². The Labute approximate surface area is 139 Å². The summed E-state index contributed by atoms with van der Waals surface area (Å²) in [6.45, 7) is 0.361. The molecule has 0 spiro atoms. The summed E-state index contributed by atoms with van der Waals surface area (Å²) < 4.78 is 0. The molecule has 1 aromatic heterocycles. The summed E-state index contributed by atoms with van der Waals surface area (Å²) in [5.74, 6) is -0.880. The van der Waals surface area contributed by atoms with Gasteiger partial charge in [-0.25, -0.2) is 0 Å². The fourth-order valence-electron chi connectivity index (χ4n) is 2.45. The zero-order valence-corrected chi connectivity index (χ0v) is 12.9. The lowest BCUT2D eigenvalue weighted by atomic mass is 10.2. The number of aromatic nitrogens is 1. The highest BCUT2D eigenvalue weighted by Gasteiger charge is 2.47. The van der Waals surface area contributed by atoms with Gasteiger partial charge in [-0.1, -0.05) is 6.07 Å². The molecule has 1 aliphatic rings. The summed E-state index contributed by atoms with van der Waals surface area (Å²) >= 11 is 0. The maximum Gasteiger partial charge on any atom is 0.228 e. The molecule has 0 aliphatic heterocycles. The lowest BCUT2D eigenvalue weighted by Crippen LogP contribution is -2.27. The number of hydrogen-bond acceptors (Lipinski definition) is 4. The highest BCUT2D eigenvalue weighted by atomic mass is 16.2. The minimum Gasteiger partial charge on any atom is -0.350 e. The van der Waals surface area contributed by atoms with Crippen LogP contribution in [-0.2, 0) is 16.1 Å². The van der Waals surface area contributed by atoms with Crippen molar-refractivity contribution >= 4 is 17.5 Å². The van der Waals surface area contributed by atoms with Crippen LogP contribution >= 0.6 is 0 Å². The first-order chi connectivity index (χ1) is 11.7. The molecule has 6 nitrogen and oxygen atoms in total. The van der Waals surface area contributed by atoms with E-state index in [0.717, 1.165) is 5.69 Å². The lowest BCUT2D eigenvalue weighted by Gasteiger charge is -2.06. The maximum atomic E-state index is 12.1. The Morgan fingerprint density at radius 1 is 1.12 bits per heavy atom. The van der Waals surface area contributed by atoms with Crippen LogP contribution in [0, 0.1) is 23.2 Å². The van der Waals surface area contributed by atoms with E-state index in [0.29, 0.717) is 24.2 Å². The van der Waals surface area contributed by atoms with E-state index in [9.17, 15) is 9.59 Å². The second-order valence-corrected chi connectivity index (χ2v) is 5.67. The van der Waals surface area contributed by atoms with Gasteiger partial charge in [0.1, 0.15) is 0 Å². The molecule has 2 atom stereocenters. The largest absolute Gasteiger partial charge is 0.350 e. The highest BCUT2D eigenvalue weighted by Crippen LogP contribution is 2.39. The minimum absolute atomic E-state index is 0.124. The van der Waals surface area contributed by atoms with Crippen molar-refractivity contribution in [3.63, 3.8) is 0 Å². The van der Waals surface area contributed by atoms with Crippen molar-refractivity contribution in [2.24, 2.45) is 11.8 Å². The second kappa shape index (κ2) is 6.92. The number of benzene rings is 1. The number of nitrogens with one attached hydrogen (secondary N) is 2. The molecule has 6 heteroatoms. The Hall–Kier alpha value is -3.20. The van der Waals surface area contributed by atoms with E-state index in [1.54, 1.807) is 30.5 Å². The molecular weight excluding hydrogens is 304 g/mol. The molecule has 120 valence electrons. The van der Waals surface area contributed by atoms with Crippen molar-refractivity contribution in [1.82, 2.24) is 10.3 Å². The SMILES string of the molecule is N#Cc1ccc(NC(=O)C2CC2C(=O)NCc2ccccn2)cc1. The fourth-order valence-corrected chi connectivity index (χ4v) is 2.45. The van der Waals surface area contributed by atoms with Gasteiger partial charge in [0.15, 0.2) is 0 Å². The zero-order chi connectivity index (χ0) is 16.9. The molecule has 0 radical (unpaired) electrons. The molecule has 2 N–H and O–H groups in total. The van der Waals surface area contributed by atoms with Gasteiger partial charge in [-0.2, -0.15) is 5.26 Å². The van der Waals surface area contributed by atoms with Crippen molar-refractivity contribution in [2.75, 3.05) is 5.32 Å². The van der Waals surface area contributed by atoms with Crippen LogP contribution in [0.1, 0.15) is 17.7 Å². The summed E-state index contributed by atoms with van der Waals surface area (Å²) in [6.07, 6.45) is 2.22. The number of nitriles is 1. The van der Waals surface area contributed by atoms with Crippen LogP contribution in [0.5, 0.6) is 0 Å². The van der Waals surface area contributed by atoms with Gasteiger partial charge in [0.05, 0.1) is 35.7 Å². The monoisotopic (exact) mass is 320 g/mol. The molecule has 0 saturated heterocycles. The number of hydrogen-bond donors (Lipinski definition) is 2. The molecule has 2 amide bonds. The van der Waals surface area contributed by atoms with Gasteiger partial charge in [0.25, 0.3) is 0 Å². The molecule has 1 heterocycles. The molecule has 1 saturated carbocycles. The first-order valence-corrected chi connectivity index (χ1v) is 7.66. The molecular formula is C18H16N4O2. The third-order valence-corrected chi connectivity index (χ3v) is 3.92. The van der Waals surface area contributed by atoms with Crippen molar-refractivity contribution in [2.45, 2.75) is 13.0 Å². The topological polar surface area (TPSA) is 94.9 Å². The Kier molecular flexibility index (Phi) is 4.52. The summed E-state index contributed by atoms with van der Waals surface area (Å²) in [5, 5.41) is 14.3. The van der Waals surface area contributed by atoms with Gasteiger partial charge in [-0.05, 0) is 42.8 Å². The van der Waals surface area contributed by atoms with E-state index >= 15 is 0 Å². The Bertz CT molecular complexity index is 781. The van der Waals surface area contributed by atoms with E-state index in [1.165, 1.54) is 0 Å². The summed E-state index contributed by atoms with van der Waals surface area (Å²) in [7, 11) is 0. The van der Waals surface area contributed by atoms with Crippen LogP contribution in [0.25, 0.3) is 0 Å². The quantitative estimate of drug-likeness (QED) is 0.879. The molecule has 2 unspecified atom stereocenters. The molecule has 3 rings (SSSR count). The minimum atomic E-state index is -0.302. The fraction of sp³-hybridized carbons (Fsp3) is 0.222. The zero-order valence-electron chi connectivity index (χ0n) is 12.9. The van der Waals surface area contributed by atoms with Crippen molar-refractivity contribution < 1.29 is 9.59 Å². The number of carbonyl (C=O) groups is 2. The van der Waals surface area contributed by atoms with Gasteiger partial charge in [0, 0.05) is 11.9 Å². The predicted molar refractivity (Wildman–Crippen MR) is 87.5 cm³/mol.